The average Bonchev–Trinajstić information content (AvgIpc) is 3.07. The Balaban J connectivity index is 0.00000124. The molecule has 0 saturated heterocycles. The van der Waals surface area contributed by atoms with Crippen molar-refractivity contribution in [3.05, 3.63) is 11.6 Å². The first-order chi connectivity index (χ1) is 14.3. The molecular weight excluding hydrogens is 364 g/mol. The lowest BCUT2D eigenvalue weighted by atomic mass is 9.47. The summed E-state index contributed by atoms with van der Waals surface area (Å²) in [6, 6.07) is 0. The first-order valence-electron chi connectivity index (χ1n) is 13.6. The molecule has 1 heteroatoms. The van der Waals surface area contributed by atoms with E-state index in [-0.39, 0.29) is 6.10 Å². The number of allylic oxidation sites excluding steroid dienone is 1. The van der Waals surface area contributed by atoms with Gasteiger partial charge < -0.3 is 5.11 Å². The first kappa shape index (κ1) is 24.3. The van der Waals surface area contributed by atoms with E-state index >= 15 is 0 Å². The van der Waals surface area contributed by atoms with Crippen LogP contribution >= 0.6 is 0 Å². The smallest absolute Gasteiger partial charge is 0.0577 e. The van der Waals surface area contributed by atoms with E-state index in [9.17, 15) is 5.11 Å². The molecule has 0 aliphatic heterocycles. The van der Waals surface area contributed by atoms with Crippen LogP contribution in [0.1, 0.15) is 119 Å². The highest BCUT2D eigenvalue weighted by atomic mass is 16.3. The minimum absolute atomic E-state index is 0.0766. The van der Waals surface area contributed by atoms with Gasteiger partial charge in [0.1, 0.15) is 0 Å². The fraction of sp³-hybridized carbons (Fsp3) is 0.931. The van der Waals surface area contributed by atoms with Gasteiger partial charge in [0.2, 0.25) is 0 Å². The average molecular weight is 417 g/mol. The van der Waals surface area contributed by atoms with Gasteiger partial charge in [0, 0.05) is 0 Å². The van der Waals surface area contributed by atoms with Crippen LogP contribution in [-0.4, -0.2) is 11.2 Å². The second kappa shape index (κ2) is 9.68. The topological polar surface area (TPSA) is 20.2 Å². The highest BCUT2D eigenvalue weighted by Gasteiger charge is 2.59. The Hall–Kier alpha value is -0.300. The van der Waals surface area contributed by atoms with Crippen LogP contribution in [0.3, 0.4) is 0 Å². The van der Waals surface area contributed by atoms with Crippen molar-refractivity contribution in [3.63, 3.8) is 0 Å². The predicted molar refractivity (Wildman–Crippen MR) is 130 cm³/mol. The van der Waals surface area contributed by atoms with Crippen molar-refractivity contribution in [3.8, 4) is 0 Å². The molecule has 0 heterocycles. The van der Waals surface area contributed by atoms with Crippen molar-refractivity contribution in [1.82, 2.24) is 0 Å². The summed E-state index contributed by atoms with van der Waals surface area (Å²) in [6.07, 6.45) is 17.2. The van der Waals surface area contributed by atoms with Crippen LogP contribution < -0.4 is 0 Å². The van der Waals surface area contributed by atoms with E-state index in [0.29, 0.717) is 10.8 Å². The highest BCUT2D eigenvalue weighted by molar-refractivity contribution is 5.25. The summed E-state index contributed by atoms with van der Waals surface area (Å²) < 4.78 is 0. The van der Waals surface area contributed by atoms with Crippen LogP contribution in [-0.2, 0) is 0 Å². The Morgan fingerprint density at radius 3 is 2.40 bits per heavy atom. The maximum absolute atomic E-state index is 10.2. The normalized spacial score (nSPS) is 43.6. The molecular formula is C29H52O. The zero-order chi connectivity index (χ0) is 22.1. The molecule has 0 spiro atoms. The van der Waals surface area contributed by atoms with Gasteiger partial charge in [-0.2, -0.15) is 0 Å². The molecule has 3 fully saturated rings. The molecule has 0 radical (unpaired) electrons. The number of fused-ring (bicyclic) bond motifs is 5. The van der Waals surface area contributed by atoms with Crippen LogP contribution in [0.15, 0.2) is 11.6 Å². The SMILES string of the molecule is CC.CC(C)CCC[C@@H](C)C1CCC2[C@@H]3CC=C4CC(O)CC[C@]4(C)C3CC[C@@]21C. The summed E-state index contributed by atoms with van der Waals surface area (Å²) in [5, 5.41) is 10.2. The molecule has 4 aliphatic rings. The quantitative estimate of drug-likeness (QED) is 0.446. The second-order valence-corrected chi connectivity index (χ2v) is 12.2. The molecule has 1 nitrogen and oxygen atoms in total. The third kappa shape index (κ3) is 4.31. The molecule has 0 aromatic rings. The van der Waals surface area contributed by atoms with Gasteiger partial charge in [0.25, 0.3) is 0 Å². The van der Waals surface area contributed by atoms with E-state index < -0.39 is 0 Å². The van der Waals surface area contributed by atoms with Crippen molar-refractivity contribution < 1.29 is 5.11 Å². The summed E-state index contributed by atoms with van der Waals surface area (Å²) in [4.78, 5) is 0. The van der Waals surface area contributed by atoms with Gasteiger partial charge in [0.05, 0.1) is 6.10 Å². The van der Waals surface area contributed by atoms with Crippen molar-refractivity contribution in [1.29, 1.82) is 0 Å². The molecule has 174 valence electrons. The van der Waals surface area contributed by atoms with E-state index in [4.69, 9.17) is 0 Å². The van der Waals surface area contributed by atoms with Gasteiger partial charge in [-0.1, -0.05) is 79.4 Å². The molecule has 4 unspecified atom stereocenters. The molecule has 0 aromatic carbocycles. The van der Waals surface area contributed by atoms with Gasteiger partial charge in [-0.15, -0.1) is 0 Å². The molecule has 0 aromatic heterocycles. The van der Waals surface area contributed by atoms with Crippen LogP contribution in [0.2, 0.25) is 0 Å². The first-order valence-corrected chi connectivity index (χ1v) is 13.6. The highest BCUT2D eigenvalue weighted by Crippen LogP contribution is 2.67. The Labute approximate surface area is 188 Å². The molecule has 4 rings (SSSR count). The number of hydrogen-bond donors (Lipinski definition) is 1. The maximum atomic E-state index is 10.2. The minimum atomic E-state index is -0.0766. The summed E-state index contributed by atoms with van der Waals surface area (Å²) in [7, 11) is 0. The Kier molecular flexibility index (Phi) is 7.85. The summed E-state index contributed by atoms with van der Waals surface area (Å²) in [5.41, 5.74) is 2.60. The van der Waals surface area contributed by atoms with Crippen molar-refractivity contribution in [2.45, 2.75) is 125 Å². The Morgan fingerprint density at radius 2 is 1.70 bits per heavy atom. The zero-order valence-electron chi connectivity index (χ0n) is 21.3. The number of aliphatic hydroxyl groups is 1. The molecule has 8 atom stereocenters. The van der Waals surface area contributed by atoms with E-state index in [0.717, 1.165) is 48.3 Å². The molecule has 3 saturated carbocycles. The lowest BCUT2D eigenvalue weighted by molar-refractivity contribution is -0.0573. The second-order valence-electron chi connectivity index (χ2n) is 12.2. The van der Waals surface area contributed by atoms with Crippen LogP contribution in [0, 0.1) is 46.3 Å². The van der Waals surface area contributed by atoms with Crippen LogP contribution in [0.4, 0.5) is 0 Å². The third-order valence-electron chi connectivity index (χ3n) is 10.3. The molecule has 30 heavy (non-hydrogen) atoms. The Morgan fingerprint density at radius 1 is 0.967 bits per heavy atom. The van der Waals surface area contributed by atoms with E-state index in [2.05, 4.69) is 40.7 Å². The third-order valence-corrected chi connectivity index (χ3v) is 10.3. The van der Waals surface area contributed by atoms with Gasteiger partial charge in [-0.25, -0.2) is 0 Å². The summed E-state index contributed by atoms with van der Waals surface area (Å²) >= 11 is 0. The molecule has 4 aliphatic carbocycles. The monoisotopic (exact) mass is 416 g/mol. The van der Waals surface area contributed by atoms with Gasteiger partial charge in [-0.05, 0) is 97.7 Å². The van der Waals surface area contributed by atoms with Crippen molar-refractivity contribution in [2.24, 2.45) is 46.3 Å². The van der Waals surface area contributed by atoms with E-state index in [1.165, 1.54) is 57.8 Å². The maximum Gasteiger partial charge on any atom is 0.0577 e. The lowest BCUT2D eigenvalue weighted by Crippen LogP contribution is -2.50. The summed E-state index contributed by atoms with van der Waals surface area (Å²) in [5.74, 6) is 5.46. The van der Waals surface area contributed by atoms with Crippen molar-refractivity contribution in [2.75, 3.05) is 0 Å². The number of hydrogen-bond acceptors (Lipinski definition) is 1. The van der Waals surface area contributed by atoms with Gasteiger partial charge in [0.15, 0.2) is 0 Å². The van der Waals surface area contributed by atoms with E-state index in [1.54, 1.807) is 5.57 Å². The van der Waals surface area contributed by atoms with Crippen LogP contribution in [0.5, 0.6) is 0 Å². The fourth-order valence-corrected chi connectivity index (χ4v) is 8.67. The van der Waals surface area contributed by atoms with Crippen LogP contribution in [0.25, 0.3) is 0 Å². The van der Waals surface area contributed by atoms with Crippen molar-refractivity contribution >= 4 is 0 Å². The minimum Gasteiger partial charge on any atom is -0.393 e. The molecule has 0 bridgehead atoms. The summed E-state index contributed by atoms with van der Waals surface area (Å²) in [6.45, 7) is 16.6. The standard InChI is InChI=1S/C27H46O.C2H6/c1-18(2)7-6-8-19(3)23-11-12-24-22-10-9-20-17-21(28)13-15-26(20,4)25(22)14-16-27(23,24)5;1-2/h9,18-19,21-25,28H,6-8,10-17H2,1-5H3;1-2H3/t19-,21?,22+,23?,24?,25?,26+,27-;/m1./s1. The number of rotatable bonds is 5. The largest absolute Gasteiger partial charge is 0.393 e. The Bertz CT molecular complexity index is 591. The van der Waals surface area contributed by atoms with E-state index in [1.807, 2.05) is 13.8 Å². The molecule has 1 N–H and O–H groups in total. The zero-order valence-corrected chi connectivity index (χ0v) is 21.3. The van der Waals surface area contributed by atoms with Gasteiger partial charge in [-0.3, -0.25) is 0 Å². The molecule has 0 amide bonds. The lowest BCUT2D eigenvalue weighted by Gasteiger charge is -2.58. The van der Waals surface area contributed by atoms with Gasteiger partial charge >= 0.3 is 0 Å². The predicted octanol–water partition coefficient (Wildman–Crippen LogP) is 8.41. The fourth-order valence-electron chi connectivity index (χ4n) is 8.67. The number of aliphatic hydroxyl groups excluding tert-OH is 1.